The van der Waals surface area contributed by atoms with E-state index in [1.165, 1.54) is 7.11 Å². The summed E-state index contributed by atoms with van der Waals surface area (Å²) in [5.74, 6) is 1.09. The Kier molecular flexibility index (Phi) is 6.23. The maximum absolute atomic E-state index is 12.5. The molecule has 118 valence electrons. The minimum atomic E-state index is -0.164. The molecule has 1 rings (SSSR count). The predicted molar refractivity (Wildman–Crippen MR) is 88.2 cm³/mol. The van der Waals surface area contributed by atoms with Crippen LogP contribution < -0.4 is 15.2 Å². The second kappa shape index (κ2) is 7.27. The zero-order valence-electron chi connectivity index (χ0n) is 13.3. The molecule has 0 aromatic heterocycles. The minimum Gasteiger partial charge on any atom is -0.495 e. The van der Waals surface area contributed by atoms with Crippen molar-refractivity contribution in [1.29, 1.82) is 0 Å². The molecular weight excluding hydrogens is 334 g/mol. The predicted octanol–water partition coefficient (Wildman–Crippen LogP) is 3.80. The van der Waals surface area contributed by atoms with Gasteiger partial charge in [0.1, 0.15) is 16.0 Å². The first-order valence-electron chi connectivity index (χ1n) is 6.89. The molecule has 21 heavy (non-hydrogen) atoms. The van der Waals surface area contributed by atoms with Crippen LogP contribution in [0, 0.1) is 5.41 Å². The van der Waals surface area contributed by atoms with Gasteiger partial charge in [-0.15, -0.1) is 0 Å². The van der Waals surface area contributed by atoms with E-state index in [1.807, 2.05) is 0 Å². The first-order valence-corrected chi connectivity index (χ1v) is 7.68. The van der Waals surface area contributed by atoms with E-state index in [4.69, 9.17) is 15.2 Å². The Bertz CT molecular complexity index is 509. The van der Waals surface area contributed by atoms with Gasteiger partial charge in [-0.2, -0.15) is 0 Å². The maximum Gasteiger partial charge on any atom is 0.168 e. The van der Waals surface area contributed by atoms with Gasteiger partial charge in [-0.1, -0.05) is 20.8 Å². The average molecular weight is 358 g/mol. The Labute approximate surface area is 135 Å². The number of ketones is 1. The topological polar surface area (TPSA) is 61.5 Å². The second-order valence-corrected chi connectivity index (χ2v) is 7.11. The van der Waals surface area contributed by atoms with Gasteiger partial charge < -0.3 is 15.2 Å². The van der Waals surface area contributed by atoms with Crippen molar-refractivity contribution >= 4 is 21.7 Å². The highest BCUT2D eigenvalue weighted by molar-refractivity contribution is 9.10. The lowest BCUT2D eigenvalue weighted by Crippen LogP contribution is -2.29. The molecule has 5 heteroatoms. The molecule has 0 fully saturated rings. The molecule has 0 radical (unpaired) electrons. The number of carbonyl (C=O) groups excluding carboxylic acids is 1. The number of rotatable bonds is 6. The maximum atomic E-state index is 12.5. The summed E-state index contributed by atoms with van der Waals surface area (Å²) >= 11 is 3.40. The minimum absolute atomic E-state index is 0.0213. The first kappa shape index (κ1) is 18.0. The number of ether oxygens (including phenoxy) is 2. The van der Waals surface area contributed by atoms with Crippen molar-refractivity contribution in [1.82, 2.24) is 0 Å². The van der Waals surface area contributed by atoms with E-state index in [9.17, 15) is 4.79 Å². The molecule has 0 heterocycles. The summed E-state index contributed by atoms with van der Waals surface area (Å²) in [6.07, 6.45) is 1.09. The fourth-order valence-corrected chi connectivity index (χ4v) is 2.99. The van der Waals surface area contributed by atoms with Crippen molar-refractivity contribution < 1.29 is 14.3 Å². The monoisotopic (exact) mass is 357 g/mol. The number of nitrogens with two attached hydrogens (primary N) is 1. The standard InChI is InChI=1S/C16H24BrNO3/c1-16(2,3)9-10(18)8-12(19)11-6-7-13(20-4)14(17)15(11)21-5/h6-7,10H,8-9,18H2,1-5H3. The van der Waals surface area contributed by atoms with Crippen LogP contribution in [0.15, 0.2) is 16.6 Å². The highest BCUT2D eigenvalue weighted by Crippen LogP contribution is 2.37. The number of Topliss-reactive ketones (excluding diaryl/α,β-unsaturated/α-hetero) is 1. The van der Waals surface area contributed by atoms with E-state index >= 15 is 0 Å². The third kappa shape index (κ3) is 5.00. The highest BCUT2D eigenvalue weighted by Gasteiger charge is 2.22. The van der Waals surface area contributed by atoms with E-state index in [2.05, 4.69) is 36.7 Å². The smallest absolute Gasteiger partial charge is 0.168 e. The van der Waals surface area contributed by atoms with E-state index in [-0.39, 0.29) is 17.2 Å². The molecule has 0 spiro atoms. The van der Waals surface area contributed by atoms with E-state index < -0.39 is 0 Å². The van der Waals surface area contributed by atoms with Gasteiger partial charge in [0.15, 0.2) is 5.78 Å². The number of methoxy groups -OCH3 is 2. The quantitative estimate of drug-likeness (QED) is 0.786. The fraction of sp³-hybridized carbons (Fsp3) is 0.562. The summed E-state index contributed by atoms with van der Waals surface area (Å²) in [4.78, 5) is 12.5. The molecule has 4 nitrogen and oxygen atoms in total. The van der Waals surface area contributed by atoms with E-state index in [0.717, 1.165) is 6.42 Å². The summed E-state index contributed by atoms with van der Waals surface area (Å²) in [6, 6.07) is 3.30. The van der Waals surface area contributed by atoms with Gasteiger partial charge in [0.25, 0.3) is 0 Å². The summed E-state index contributed by atoms with van der Waals surface area (Å²) < 4.78 is 11.2. The Balaban J connectivity index is 2.95. The van der Waals surface area contributed by atoms with Crippen LogP contribution in [0.25, 0.3) is 0 Å². The average Bonchev–Trinajstić information content (AvgIpc) is 2.35. The van der Waals surface area contributed by atoms with Crippen LogP contribution in [0.3, 0.4) is 0 Å². The van der Waals surface area contributed by atoms with Gasteiger partial charge in [-0.05, 0) is 39.9 Å². The first-order chi connectivity index (χ1) is 9.69. The molecule has 2 N–H and O–H groups in total. The zero-order valence-corrected chi connectivity index (χ0v) is 14.9. The lowest BCUT2D eigenvalue weighted by molar-refractivity contribution is 0.0965. The number of halogens is 1. The molecular formula is C16H24BrNO3. The third-order valence-corrected chi connectivity index (χ3v) is 3.86. The Morgan fingerprint density at radius 1 is 1.29 bits per heavy atom. The Morgan fingerprint density at radius 2 is 1.90 bits per heavy atom. The van der Waals surface area contributed by atoms with Crippen molar-refractivity contribution in [3.05, 3.63) is 22.2 Å². The molecule has 0 aliphatic rings. The lowest BCUT2D eigenvalue weighted by atomic mass is 9.86. The lowest BCUT2D eigenvalue weighted by Gasteiger charge is -2.23. The van der Waals surface area contributed by atoms with Crippen LogP contribution in [0.2, 0.25) is 0 Å². The largest absolute Gasteiger partial charge is 0.495 e. The van der Waals surface area contributed by atoms with Crippen LogP contribution in [0.4, 0.5) is 0 Å². The summed E-state index contributed by atoms with van der Waals surface area (Å²) in [5.41, 5.74) is 6.71. The van der Waals surface area contributed by atoms with Gasteiger partial charge in [0.05, 0.1) is 19.8 Å². The van der Waals surface area contributed by atoms with Crippen LogP contribution in [-0.2, 0) is 0 Å². The van der Waals surface area contributed by atoms with Gasteiger partial charge in [0, 0.05) is 12.5 Å². The van der Waals surface area contributed by atoms with E-state index in [0.29, 0.717) is 28.0 Å². The van der Waals surface area contributed by atoms with Crippen molar-refractivity contribution in [3.8, 4) is 11.5 Å². The molecule has 1 atom stereocenters. The van der Waals surface area contributed by atoms with E-state index in [1.54, 1.807) is 19.2 Å². The summed E-state index contributed by atoms with van der Waals surface area (Å²) in [6.45, 7) is 6.34. The SMILES string of the molecule is COc1ccc(C(=O)CC(N)CC(C)(C)C)c(OC)c1Br. The molecule has 1 aromatic carbocycles. The van der Waals surface area contributed by atoms with Gasteiger partial charge in [-0.3, -0.25) is 4.79 Å². The molecule has 0 saturated carbocycles. The highest BCUT2D eigenvalue weighted by atomic mass is 79.9. The van der Waals surface area contributed by atoms with Gasteiger partial charge in [0.2, 0.25) is 0 Å². The second-order valence-electron chi connectivity index (χ2n) is 6.31. The van der Waals surface area contributed by atoms with Crippen LogP contribution in [0.1, 0.15) is 44.0 Å². The molecule has 1 unspecified atom stereocenters. The Morgan fingerprint density at radius 3 is 2.38 bits per heavy atom. The van der Waals surface area contributed by atoms with Crippen molar-refractivity contribution in [2.45, 2.75) is 39.7 Å². The molecule has 0 aliphatic carbocycles. The summed E-state index contributed by atoms with van der Waals surface area (Å²) in [7, 11) is 3.10. The van der Waals surface area contributed by atoms with Crippen LogP contribution in [0.5, 0.6) is 11.5 Å². The fourth-order valence-electron chi connectivity index (χ4n) is 2.32. The molecule has 0 bridgehead atoms. The molecule has 0 amide bonds. The molecule has 1 aromatic rings. The van der Waals surface area contributed by atoms with Crippen LogP contribution in [-0.4, -0.2) is 26.0 Å². The van der Waals surface area contributed by atoms with Crippen molar-refractivity contribution in [2.75, 3.05) is 14.2 Å². The van der Waals surface area contributed by atoms with Gasteiger partial charge in [-0.25, -0.2) is 0 Å². The zero-order chi connectivity index (χ0) is 16.2. The number of hydrogen-bond acceptors (Lipinski definition) is 4. The number of benzene rings is 1. The normalized spacial score (nSPS) is 12.9. The van der Waals surface area contributed by atoms with Crippen LogP contribution >= 0.6 is 15.9 Å². The number of hydrogen-bond donors (Lipinski definition) is 1. The van der Waals surface area contributed by atoms with Crippen molar-refractivity contribution in [3.63, 3.8) is 0 Å². The Hall–Kier alpha value is -1.07. The molecule has 0 saturated heterocycles. The number of carbonyl (C=O) groups is 1. The van der Waals surface area contributed by atoms with Crippen molar-refractivity contribution in [2.24, 2.45) is 11.1 Å². The van der Waals surface area contributed by atoms with Gasteiger partial charge >= 0.3 is 0 Å². The molecule has 0 aliphatic heterocycles. The summed E-state index contributed by atoms with van der Waals surface area (Å²) in [5, 5.41) is 0. The third-order valence-electron chi connectivity index (χ3n) is 3.11.